The van der Waals surface area contributed by atoms with Gasteiger partial charge in [0.05, 0.1) is 0 Å². The monoisotopic (exact) mass is 195 g/mol. The van der Waals surface area contributed by atoms with Crippen molar-refractivity contribution >= 4 is 0 Å². The zero-order chi connectivity index (χ0) is 10.8. The Bertz CT molecular complexity index is 283. The molecule has 1 unspecified atom stereocenters. The standard InChI is InChI=1S/C11H21N3/c1-9-13-6-7-14(9)8-10(12-5)11(2,3)4/h6-7,10,12H,8H2,1-5H3. The van der Waals surface area contributed by atoms with Crippen LogP contribution in [0.2, 0.25) is 0 Å². The second kappa shape index (κ2) is 4.13. The molecule has 0 amide bonds. The van der Waals surface area contributed by atoms with Crippen LogP contribution in [-0.2, 0) is 6.54 Å². The van der Waals surface area contributed by atoms with Gasteiger partial charge in [-0.15, -0.1) is 0 Å². The Morgan fingerprint density at radius 1 is 1.50 bits per heavy atom. The average Bonchev–Trinajstić information content (AvgIpc) is 2.45. The van der Waals surface area contributed by atoms with Crippen molar-refractivity contribution in [1.29, 1.82) is 0 Å². The van der Waals surface area contributed by atoms with Gasteiger partial charge in [-0.05, 0) is 19.4 Å². The SMILES string of the molecule is CNC(Cn1ccnc1C)C(C)(C)C. The van der Waals surface area contributed by atoms with E-state index in [2.05, 4.69) is 35.6 Å². The average molecular weight is 195 g/mol. The highest BCUT2D eigenvalue weighted by atomic mass is 15.1. The van der Waals surface area contributed by atoms with Crippen LogP contribution in [0.15, 0.2) is 12.4 Å². The topological polar surface area (TPSA) is 29.9 Å². The molecule has 1 N–H and O–H groups in total. The molecule has 1 aromatic rings. The van der Waals surface area contributed by atoms with Crippen molar-refractivity contribution in [2.45, 2.75) is 40.3 Å². The summed E-state index contributed by atoms with van der Waals surface area (Å²) in [5.41, 5.74) is 0.269. The van der Waals surface area contributed by atoms with E-state index in [1.54, 1.807) is 0 Å². The Labute approximate surface area is 86.5 Å². The first-order chi connectivity index (χ1) is 6.45. The third kappa shape index (κ3) is 2.58. The number of aryl methyl sites for hydroxylation is 1. The van der Waals surface area contributed by atoms with Crippen LogP contribution < -0.4 is 5.32 Å². The summed E-state index contributed by atoms with van der Waals surface area (Å²) in [6.07, 6.45) is 3.89. The highest BCUT2D eigenvalue weighted by molar-refractivity contribution is 4.91. The van der Waals surface area contributed by atoms with Gasteiger partial charge in [0.15, 0.2) is 0 Å². The van der Waals surface area contributed by atoms with Gasteiger partial charge < -0.3 is 9.88 Å². The third-order valence-corrected chi connectivity index (χ3v) is 2.70. The molecular weight excluding hydrogens is 174 g/mol. The lowest BCUT2D eigenvalue weighted by Gasteiger charge is -2.31. The van der Waals surface area contributed by atoms with Gasteiger partial charge in [0.1, 0.15) is 5.82 Å². The molecule has 3 nitrogen and oxygen atoms in total. The number of hydrogen-bond acceptors (Lipinski definition) is 2. The van der Waals surface area contributed by atoms with Crippen molar-refractivity contribution in [2.24, 2.45) is 5.41 Å². The first-order valence-corrected chi connectivity index (χ1v) is 5.10. The van der Waals surface area contributed by atoms with Crippen LogP contribution in [0.1, 0.15) is 26.6 Å². The Morgan fingerprint density at radius 3 is 2.50 bits per heavy atom. The van der Waals surface area contributed by atoms with E-state index in [1.165, 1.54) is 0 Å². The second-order valence-corrected chi connectivity index (χ2v) is 4.83. The summed E-state index contributed by atoms with van der Waals surface area (Å²) >= 11 is 0. The molecule has 0 radical (unpaired) electrons. The smallest absolute Gasteiger partial charge is 0.105 e. The molecule has 14 heavy (non-hydrogen) atoms. The Morgan fingerprint density at radius 2 is 2.14 bits per heavy atom. The highest BCUT2D eigenvalue weighted by Crippen LogP contribution is 2.20. The first-order valence-electron chi connectivity index (χ1n) is 5.10. The molecule has 1 aromatic heterocycles. The van der Waals surface area contributed by atoms with Gasteiger partial charge in [-0.3, -0.25) is 0 Å². The number of rotatable bonds is 3. The molecule has 0 fully saturated rings. The van der Waals surface area contributed by atoms with Crippen LogP contribution in [0.25, 0.3) is 0 Å². The molecule has 3 heteroatoms. The number of nitrogens with one attached hydrogen (secondary N) is 1. The summed E-state index contributed by atoms with van der Waals surface area (Å²) in [5, 5.41) is 3.36. The fourth-order valence-corrected chi connectivity index (χ4v) is 1.59. The van der Waals surface area contributed by atoms with Crippen molar-refractivity contribution in [3.63, 3.8) is 0 Å². The summed E-state index contributed by atoms with van der Waals surface area (Å²) < 4.78 is 2.19. The maximum Gasteiger partial charge on any atom is 0.105 e. The maximum absolute atomic E-state index is 4.22. The highest BCUT2D eigenvalue weighted by Gasteiger charge is 2.23. The van der Waals surface area contributed by atoms with Gasteiger partial charge in [-0.25, -0.2) is 4.98 Å². The van der Waals surface area contributed by atoms with Crippen LogP contribution in [0, 0.1) is 12.3 Å². The van der Waals surface area contributed by atoms with Crippen LogP contribution in [0.5, 0.6) is 0 Å². The van der Waals surface area contributed by atoms with Crippen LogP contribution >= 0.6 is 0 Å². The Balaban J connectivity index is 2.71. The molecule has 1 heterocycles. The summed E-state index contributed by atoms with van der Waals surface area (Å²) in [6.45, 7) is 9.77. The quantitative estimate of drug-likeness (QED) is 0.797. The van der Waals surface area contributed by atoms with Crippen LogP contribution in [-0.4, -0.2) is 22.6 Å². The zero-order valence-electron chi connectivity index (χ0n) is 9.83. The number of aromatic nitrogens is 2. The number of hydrogen-bond donors (Lipinski definition) is 1. The number of imidazole rings is 1. The summed E-state index contributed by atoms with van der Waals surface area (Å²) in [5.74, 6) is 1.08. The van der Waals surface area contributed by atoms with E-state index < -0.39 is 0 Å². The lowest BCUT2D eigenvalue weighted by atomic mass is 9.87. The van der Waals surface area contributed by atoms with E-state index in [0.717, 1.165) is 12.4 Å². The molecule has 0 saturated carbocycles. The van der Waals surface area contributed by atoms with E-state index in [1.807, 2.05) is 26.4 Å². The van der Waals surface area contributed by atoms with E-state index in [0.29, 0.717) is 6.04 Å². The molecule has 0 saturated heterocycles. The summed E-state index contributed by atoms with van der Waals surface area (Å²) in [6, 6.07) is 0.468. The molecule has 0 bridgehead atoms. The molecule has 0 aromatic carbocycles. The van der Waals surface area contributed by atoms with Crippen molar-refractivity contribution in [1.82, 2.24) is 14.9 Å². The molecule has 0 aliphatic heterocycles. The van der Waals surface area contributed by atoms with E-state index in [-0.39, 0.29) is 5.41 Å². The van der Waals surface area contributed by atoms with Crippen molar-refractivity contribution in [3.8, 4) is 0 Å². The van der Waals surface area contributed by atoms with Gasteiger partial charge in [-0.2, -0.15) is 0 Å². The van der Waals surface area contributed by atoms with Crippen LogP contribution in [0.3, 0.4) is 0 Å². The van der Waals surface area contributed by atoms with Crippen molar-refractivity contribution in [2.75, 3.05) is 7.05 Å². The maximum atomic E-state index is 4.22. The van der Waals surface area contributed by atoms with Crippen molar-refractivity contribution in [3.05, 3.63) is 18.2 Å². The second-order valence-electron chi connectivity index (χ2n) is 4.83. The molecule has 1 atom stereocenters. The summed E-state index contributed by atoms with van der Waals surface area (Å²) in [4.78, 5) is 4.22. The fraction of sp³-hybridized carbons (Fsp3) is 0.727. The first kappa shape index (κ1) is 11.2. The van der Waals surface area contributed by atoms with E-state index in [9.17, 15) is 0 Å². The lowest BCUT2D eigenvalue weighted by Crippen LogP contribution is -2.41. The minimum Gasteiger partial charge on any atom is -0.334 e. The number of likely N-dealkylation sites (N-methyl/N-ethyl adjacent to an activating group) is 1. The Hall–Kier alpha value is -0.830. The largest absolute Gasteiger partial charge is 0.334 e. The molecule has 0 aliphatic carbocycles. The predicted octanol–water partition coefficient (Wildman–Crippen LogP) is 1.83. The predicted molar refractivity (Wildman–Crippen MR) is 59.3 cm³/mol. The molecular formula is C11H21N3. The van der Waals surface area contributed by atoms with Gasteiger partial charge in [0.2, 0.25) is 0 Å². The van der Waals surface area contributed by atoms with Gasteiger partial charge in [-0.1, -0.05) is 20.8 Å². The lowest BCUT2D eigenvalue weighted by molar-refractivity contribution is 0.253. The zero-order valence-corrected chi connectivity index (χ0v) is 9.83. The van der Waals surface area contributed by atoms with E-state index in [4.69, 9.17) is 0 Å². The molecule has 1 rings (SSSR count). The van der Waals surface area contributed by atoms with Gasteiger partial charge in [0.25, 0.3) is 0 Å². The fourth-order valence-electron chi connectivity index (χ4n) is 1.59. The van der Waals surface area contributed by atoms with E-state index >= 15 is 0 Å². The van der Waals surface area contributed by atoms with Crippen molar-refractivity contribution < 1.29 is 0 Å². The molecule has 0 aliphatic rings. The minimum atomic E-state index is 0.269. The number of nitrogens with zero attached hydrogens (tertiary/aromatic N) is 2. The minimum absolute atomic E-state index is 0.269. The van der Waals surface area contributed by atoms with Gasteiger partial charge >= 0.3 is 0 Å². The molecule has 80 valence electrons. The van der Waals surface area contributed by atoms with Crippen LogP contribution in [0.4, 0.5) is 0 Å². The Kier molecular flexibility index (Phi) is 3.32. The normalized spacial score (nSPS) is 14.4. The van der Waals surface area contributed by atoms with Gasteiger partial charge in [0, 0.05) is 25.0 Å². The summed E-state index contributed by atoms with van der Waals surface area (Å²) in [7, 11) is 2.02. The third-order valence-electron chi connectivity index (χ3n) is 2.70. The molecule has 0 spiro atoms.